The molecule has 2 rings (SSSR count). The van der Waals surface area contributed by atoms with Gasteiger partial charge >= 0.3 is 0 Å². The molecule has 1 fully saturated rings. The van der Waals surface area contributed by atoms with E-state index >= 15 is 0 Å². The van der Waals surface area contributed by atoms with Crippen molar-refractivity contribution in [2.24, 2.45) is 5.41 Å². The van der Waals surface area contributed by atoms with Crippen molar-refractivity contribution >= 4 is 18.3 Å². The van der Waals surface area contributed by atoms with Crippen LogP contribution >= 0.6 is 12.4 Å². The molecule has 1 aromatic rings. The van der Waals surface area contributed by atoms with E-state index in [-0.39, 0.29) is 29.1 Å². The van der Waals surface area contributed by atoms with Crippen LogP contribution in [0.2, 0.25) is 0 Å². The lowest BCUT2D eigenvalue weighted by molar-refractivity contribution is -0.131. The van der Waals surface area contributed by atoms with Crippen molar-refractivity contribution in [1.82, 2.24) is 10.6 Å². The maximum atomic E-state index is 12.4. The summed E-state index contributed by atoms with van der Waals surface area (Å²) in [6, 6.07) is 10.4. The Morgan fingerprint density at radius 3 is 2.57 bits per heavy atom. The fourth-order valence-corrected chi connectivity index (χ4v) is 2.76. The molecule has 0 aliphatic carbocycles. The molecule has 1 aromatic carbocycles. The molecule has 1 heterocycles. The predicted molar refractivity (Wildman–Crippen MR) is 89.9 cm³/mol. The third kappa shape index (κ3) is 4.45. The lowest BCUT2D eigenvalue weighted by atomic mass is 9.80. The van der Waals surface area contributed by atoms with Crippen LogP contribution in [0, 0.1) is 5.41 Å². The van der Waals surface area contributed by atoms with Crippen LogP contribution in [0.1, 0.15) is 39.2 Å². The SMILES string of the molecule is CC1(C(=O)NCC(C)(C)c2ccccc2)CCCNC1.Cl. The molecule has 3 nitrogen and oxygen atoms in total. The zero-order valence-corrected chi connectivity index (χ0v) is 14.1. The van der Waals surface area contributed by atoms with Gasteiger partial charge in [-0.05, 0) is 31.9 Å². The largest absolute Gasteiger partial charge is 0.355 e. The van der Waals surface area contributed by atoms with Gasteiger partial charge in [0.25, 0.3) is 0 Å². The van der Waals surface area contributed by atoms with E-state index in [9.17, 15) is 4.79 Å². The van der Waals surface area contributed by atoms with Gasteiger partial charge in [-0.2, -0.15) is 0 Å². The second kappa shape index (κ2) is 7.28. The number of nitrogens with one attached hydrogen (secondary N) is 2. The highest BCUT2D eigenvalue weighted by Gasteiger charge is 2.35. The average molecular weight is 311 g/mol. The summed E-state index contributed by atoms with van der Waals surface area (Å²) in [4.78, 5) is 12.4. The predicted octanol–water partition coefficient (Wildman–Crippen LogP) is 2.89. The Kier molecular flexibility index (Phi) is 6.24. The second-order valence-electron chi connectivity index (χ2n) is 6.77. The number of carbonyl (C=O) groups excluding carboxylic acids is 1. The zero-order valence-electron chi connectivity index (χ0n) is 13.2. The summed E-state index contributed by atoms with van der Waals surface area (Å²) in [5.41, 5.74) is 0.952. The first-order chi connectivity index (χ1) is 9.44. The lowest BCUT2D eigenvalue weighted by Gasteiger charge is -2.34. The van der Waals surface area contributed by atoms with Crippen LogP contribution in [0.15, 0.2) is 30.3 Å². The van der Waals surface area contributed by atoms with Crippen LogP contribution < -0.4 is 10.6 Å². The normalized spacial score (nSPS) is 22.2. The molecule has 1 saturated heterocycles. The van der Waals surface area contributed by atoms with Crippen molar-refractivity contribution in [3.63, 3.8) is 0 Å². The Bertz CT molecular complexity index is 453. The number of piperidine rings is 1. The van der Waals surface area contributed by atoms with Gasteiger partial charge in [-0.3, -0.25) is 4.79 Å². The van der Waals surface area contributed by atoms with Crippen molar-refractivity contribution in [3.05, 3.63) is 35.9 Å². The summed E-state index contributed by atoms with van der Waals surface area (Å²) >= 11 is 0. The molecule has 0 radical (unpaired) electrons. The molecule has 1 aliphatic rings. The molecule has 21 heavy (non-hydrogen) atoms. The van der Waals surface area contributed by atoms with Crippen LogP contribution in [0.5, 0.6) is 0 Å². The van der Waals surface area contributed by atoms with Crippen LogP contribution in [0.25, 0.3) is 0 Å². The van der Waals surface area contributed by atoms with Gasteiger partial charge in [-0.15, -0.1) is 12.4 Å². The summed E-state index contributed by atoms with van der Waals surface area (Å²) in [7, 11) is 0. The quantitative estimate of drug-likeness (QED) is 0.898. The second-order valence-corrected chi connectivity index (χ2v) is 6.77. The summed E-state index contributed by atoms with van der Waals surface area (Å²) in [5, 5.41) is 6.48. The maximum absolute atomic E-state index is 12.4. The molecule has 0 spiro atoms. The highest BCUT2D eigenvalue weighted by atomic mass is 35.5. The van der Waals surface area contributed by atoms with Gasteiger partial charge in [0.1, 0.15) is 0 Å². The summed E-state index contributed by atoms with van der Waals surface area (Å²) < 4.78 is 0. The van der Waals surface area contributed by atoms with E-state index in [1.54, 1.807) is 0 Å². The van der Waals surface area contributed by atoms with E-state index in [0.29, 0.717) is 6.54 Å². The van der Waals surface area contributed by atoms with Gasteiger partial charge in [-0.1, -0.05) is 44.2 Å². The Morgan fingerprint density at radius 1 is 1.33 bits per heavy atom. The minimum Gasteiger partial charge on any atom is -0.355 e. The van der Waals surface area contributed by atoms with E-state index < -0.39 is 0 Å². The first kappa shape index (κ1) is 18.0. The van der Waals surface area contributed by atoms with E-state index in [4.69, 9.17) is 0 Å². The van der Waals surface area contributed by atoms with E-state index in [2.05, 4.69) is 43.5 Å². The molecule has 0 saturated carbocycles. The van der Waals surface area contributed by atoms with Gasteiger partial charge in [0.05, 0.1) is 5.41 Å². The molecule has 0 aromatic heterocycles. The molecule has 118 valence electrons. The number of benzene rings is 1. The third-order valence-electron chi connectivity index (χ3n) is 4.39. The number of carbonyl (C=O) groups is 1. The minimum absolute atomic E-state index is 0. The van der Waals surface area contributed by atoms with Gasteiger partial charge in [-0.25, -0.2) is 0 Å². The fraction of sp³-hybridized carbons (Fsp3) is 0.588. The number of rotatable bonds is 4. The van der Waals surface area contributed by atoms with Crippen molar-refractivity contribution in [2.75, 3.05) is 19.6 Å². The van der Waals surface area contributed by atoms with Crippen LogP contribution in [0.3, 0.4) is 0 Å². The first-order valence-corrected chi connectivity index (χ1v) is 7.49. The Balaban J connectivity index is 0.00000220. The zero-order chi connectivity index (χ0) is 14.6. The standard InChI is InChI=1S/C17H26N2O.ClH/c1-16(2,14-8-5-4-6-9-14)12-19-15(20)17(3)10-7-11-18-13-17;/h4-6,8-9,18H,7,10-13H2,1-3H3,(H,19,20);1H. The molecular formula is C17H27ClN2O. The van der Waals surface area contributed by atoms with E-state index in [0.717, 1.165) is 25.9 Å². The average Bonchev–Trinajstić information content (AvgIpc) is 2.46. The topological polar surface area (TPSA) is 41.1 Å². The van der Waals surface area contributed by atoms with Gasteiger partial charge < -0.3 is 10.6 Å². The van der Waals surface area contributed by atoms with Crippen molar-refractivity contribution < 1.29 is 4.79 Å². The highest BCUT2D eigenvalue weighted by molar-refractivity contribution is 5.85. The van der Waals surface area contributed by atoms with Crippen molar-refractivity contribution in [1.29, 1.82) is 0 Å². The Hall–Kier alpha value is -1.06. The van der Waals surface area contributed by atoms with Crippen LogP contribution in [-0.4, -0.2) is 25.5 Å². The fourth-order valence-electron chi connectivity index (χ4n) is 2.76. The molecule has 4 heteroatoms. The summed E-state index contributed by atoms with van der Waals surface area (Å²) in [6.45, 7) is 8.88. The molecule has 2 N–H and O–H groups in total. The van der Waals surface area contributed by atoms with Gasteiger partial charge in [0.2, 0.25) is 5.91 Å². The Morgan fingerprint density at radius 2 is 2.00 bits per heavy atom. The number of hydrogen-bond acceptors (Lipinski definition) is 2. The molecule has 1 unspecified atom stereocenters. The number of hydrogen-bond donors (Lipinski definition) is 2. The summed E-state index contributed by atoms with van der Waals surface area (Å²) in [5.74, 6) is 0.175. The lowest BCUT2D eigenvalue weighted by Crippen LogP contribution is -2.50. The van der Waals surface area contributed by atoms with Crippen molar-refractivity contribution in [2.45, 2.75) is 39.0 Å². The van der Waals surface area contributed by atoms with E-state index in [1.807, 2.05) is 18.2 Å². The number of halogens is 1. The smallest absolute Gasteiger partial charge is 0.227 e. The first-order valence-electron chi connectivity index (χ1n) is 7.49. The van der Waals surface area contributed by atoms with Crippen LogP contribution in [-0.2, 0) is 10.2 Å². The molecule has 1 amide bonds. The van der Waals surface area contributed by atoms with E-state index in [1.165, 1.54) is 5.56 Å². The Labute approximate surface area is 134 Å². The van der Waals surface area contributed by atoms with Crippen molar-refractivity contribution in [3.8, 4) is 0 Å². The monoisotopic (exact) mass is 310 g/mol. The molecule has 1 atom stereocenters. The molecule has 0 bridgehead atoms. The number of amides is 1. The molecule has 1 aliphatic heterocycles. The van der Waals surface area contributed by atoms with Gasteiger partial charge in [0, 0.05) is 18.5 Å². The minimum atomic E-state index is -0.259. The molecular weight excluding hydrogens is 284 g/mol. The summed E-state index contributed by atoms with van der Waals surface area (Å²) in [6.07, 6.45) is 2.05. The van der Waals surface area contributed by atoms with Gasteiger partial charge in [0.15, 0.2) is 0 Å². The third-order valence-corrected chi connectivity index (χ3v) is 4.39. The van der Waals surface area contributed by atoms with Crippen LogP contribution in [0.4, 0.5) is 0 Å². The maximum Gasteiger partial charge on any atom is 0.227 e. The highest BCUT2D eigenvalue weighted by Crippen LogP contribution is 2.27.